The quantitative estimate of drug-likeness (QED) is 0.706. The molecule has 0 radical (unpaired) electrons. The summed E-state index contributed by atoms with van der Waals surface area (Å²) in [6, 6.07) is 1.67. The summed E-state index contributed by atoms with van der Waals surface area (Å²) < 4.78 is 5.29. The van der Waals surface area contributed by atoms with E-state index in [0.717, 1.165) is 15.7 Å². The van der Waals surface area contributed by atoms with Gasteiger partial charge in [-0.25, -0.2) is 5.06 Å². The van der Waals surface area contributed by atoms with Crippen molar-refractivity contribution in [2.45, 2.75) is 4.90 Å². The molecule has 0 saturated carbocycles. The Morgan fingerprint density at radius 2 is 2.44 bits per heavy atom. The summed E-state index contributed by atoms with van der Waals surface area (Å²) in [7, 11) is 2.94. The zero-order chi connectivity index (χ0) is 11.5. The number of fused-ring (bicyclic) bond motifs is 1. The normalized spacial score (nSPS) is 13.9. The van der Waals surface area contributed by atoms with Crippen LogP contribution in [-0.2, 0) is 4.84 Å². The number of hydrogen-bond acceptors (Lipinski definition) is 6. The van der Waals surface area contributed by atoms with Gasteiger partial charge in [0.25, 0.3) is 5.91 Å². The van der Waals surface area contributed by atoms with E-state index in [-0.39, 0.29) is 11.6 Å². The van der Waals surface area contributed by atoms with Crippen LogP contribution >= 0.6 is 11.8 Å². The minimum atomic E-state index is -0.330. The molecule has 2 heterocycles. The topological polar surface area (TPSA) is 64.5 Å². The average molecular weight is 241 g/mol. The maximum absolute atomic E-state index is 11.7. The van der Waals surface area contributed by atoms with Crippen molar-refractivity contribution in [3.63, 3.8) is 0 Å². The van der Waals surface area contributed by atoms with Crippen molar-refractivity contribution in [1.29, 1.82) is 0 Å². The first-order valence-corrected chi connectivity index (χ1v) is 5.66. The molecule has 0 atom stereocenters. The molecule has 1 aliphatic heterocycles. The molecule has 0 aliphatic carbocycles. The monoisotopic (exact) mass is 241 g/mol. The average Bonchev–Trinajstić information content (AvgIpc) is 2.36. The summed E-state index contributed by atoms with van der Waals surface area (Å²) in [4.78, 5) is 17.3. The summed E-state index contributed by atoms with van der Waals surface area (Å²) in [5, 5.41) is 8.76. The maximum Gasteiger partial charge on any atom is 0.297 e. The van der Waals surface area contributed by atoms with E-state index in [1.165, 1.54) is 14.2 Å². The van der Waals surface area contributed by atoms with E-state index >= 15 is 0 Å². The van der Waals surface area contributed by atoms with Crippen LogP contribution in [0.2, 0.25) is 0 Å². The van der Waals surface area contributed by atoms with Crippen LogP contribution in [0.25, 0.3) is 0 Å². The standard InChI is InChI=1S/C9H11N3O3S/c1-12(14-2)9(13)6-5-7-8(11-10-6)15-3-4-16-7/h5H,3-4H2,1-2H3. The Hall–Kier alpha value is -1.34. The van der Waals surface area contributed by atoms with E-state index in [1.54, 1.807) is 17.8 Å². The summed E-state index contributed by atoms with van der Waals surface area (Å²) >= 11 is 1.60. The van der Waals surface area contributed by atoms with Gasteiger partial charge >= 0.3 is 0 Å². The molecular weight excluding hydrogens is 230 g/mol. The van der Waals surface area contributed by atoms with E-state index < -0.39 is 0 Å². The van der Waals surface area contributed by atoms with E-state index in [1.807, 2.05) is 0 Å². The molecule has 86 valence electrons. The molecule has 6 nitrogen and oxygen atoms in total. The summed E-state index contributed by atoms with van der Waals surface area (Å²) in [5.74, 6) is 1.02. The highest BCUT2D eigenvalue weighted by molar-refractivity contribution is 7.99. The number of amides is 1. The first-order chi connectivity index (χ1) is 7.72. The number of aromatic nitrogens is 2. The lowest BCUT2D eigenvalue weighted by atomic mass is 10.3. The third-order valence-electron chi connectivity index (χ3n) is 2.09. The van der Waals surface area contributed by atoms with Gasteiger partial charge in [-0.05, 0) is 6.07 Å². The molecule has 0 fully saturated rings. The second-order valence-corrected chi connectivity index (χ2v) is 4.22. The van der Waals surface area contributed by atoms with Gasteiger partial charge in [-0.3, -0.25) is 9.63 Å². The van der Waals surface area contributed by atoms with Gasteiger partial charge in [0.05, 0.1) is 18.6 Å². The predicted octanol–water partition coefficient (Wildman–Crippen LogP) is 0.594. The number of carbonyl (C=O) groups is 1. The Balaban J connectivity index is 2.26. The number of hydroxylamine groups is 2. The largest absolute Gasteiger partial charge is 0.475 e. The second-order valence-electron chi connectivity index (χ2n) is 3.08. The Morgan fingerprint density at radius 3 is 3.19 bits per heavy atom. The fraction of sp³-hybridized carbons (Fsp3) is 0.444. The molecule has 1 aliphatic rings. The van der Waals surface area contributed by atoms with Gasteiger partial charge in [0.1, 0.15) is 0 Å². The highest BCUT2D eigenvalue weighted by atomic mass is 32.2. The third-order valence-corrected chi connectivity index (χ3v) is 3.06. The van der Waals surface area contributed by atoms with Gasteiger partial charge in [0.2, 0.25) is 5.88 Å². The van der Waals surface area contributed by atoms with Gasteiger partial charge in [-0.2, -0.15) is 0 Å². The molecule has 0 N–H and O–H groups in total. The van der Waals surface area contributed by atoms with Crippen LogP contribution < -0.4 is 4.74 Å². The zero-order valence-electron chi connectivity index (χ0n) is 8.97. The van der Waals surface area contributed by atoms with E-state index in [0.29, 0.717) is 12.5 Å². The third kappa shape index (κ3) is 2.10. The molecule has 1 aromatic heterocycles. The molecule has 0 aromatic carbocycles. The van der Waals surface area contributed by atoms with Gasteiger partial charge < -0.3 is 4.74 Å². The van der Waals surface area contributed by atoms with Crippen molar-refractivity contribution in [1.82, 2.24) is 15.3 Å². The lowest BCUT2D eigenvalue weighted by Gasteiger charge is -2.16. The van der Waals surface area contributed by atoms with Crippen LogP contribution in [-0.4, -0.2) is 47.7 Å². The van der Waals surface area contributed by atoms with Gasteiger partial charge in [0, 0.05) is 12.8 Å². The summed E-state index contributed by atoms with van der Waals surface area (Å²) in [6.07, 6.45) is 0. The summed E-state index contributed by atoms with van der Waals surface area (Å²) in [6.45, 7) is 0.623. The molecule has 2 rings (SSSR count). The number of carbonyl (C=O) groups excluding carboxylic acids is 1. The lowest BCUT2D eigenvalue weighted by Crippen LogP contribution is -2.26. The maximum atomic E-state index is 11.7. The van der Waals surface area contributed by atoms with Crippen LogP contribution in [0, 0.1) is 0 Å². The fourth-order valence-electron chi connectivity index (χ4n) is 1.21. The Labute approximate surface area is 96.9 Å². The molecule has 0 spiro atoms. The number of ether oxygens (including phenoxy) is 1. The SMILES string of the molecule is CON(C)C(=O)c1cc2c(nn1)OCCS2. The first-order valence-electron chi connectivity index (χ1n) is 4.68. The number of thioether (sulfide) groups is 1. The van der Waals surface area contributed by atoms with Crippen molar-refractivity contribution in [2.24, 2.45) is 0 Å². The number of rotatable bonds is 2. The highest BCUT2D eigenvalue weighted by Gasteiger charge is 2.19. The first kappa shape index (κ1) is 11.2. The van der Waals surface area contributed by atoms with Gasteiger partial charge in [0.15, 0.2) is 5.69 Å². The van der Waals surface area contributed by atoms with E-state index in [9.17, 15) is 4.79 Å². The fourth-order valence-corrected chi connectivity index (χ4v) is 2.01. The number of nitrogens with zero attached hydrogens (tertiary/aromatic N) is 3. The molecule has 7 heteroatoms. The predicted molar refractivity (Wildman–Crippen MR) is 57.4 cm³/mol. The number of hydrogen-bond donors (Lipinski definition) is 0. The van der Waals surface area contributed by atoms with Gasteiger partial charge in [-0.15, -0.1) is 22.0 Å². The van der Waals surface area contributed by atoms with Gasteiger partial charge in [-0.1, -0.05) is 0 Å². The lowest BCUT2D eigenvalue weighted by molar-refractivity contribution is -0.0761. The molecule has 0 bridgehead atoms. The van der Waals surface area contributed by atoms with Crippen molar-refractivity contribution in [3.8, 4) is 5.88 Å². The van der Waals surface area contributed by atoms with Crippen molar-refractivity contribution >= 4 is 17.7 Å². The molecule has 0 saturated heterocycles. The Morgan fingerprint density at radius 1 is 1.62 bits per heavy atom. The minimum absolute atomic E-state index is 0.251. The Kier molecular flexibility index (Phi) is 3.25. The minimum Gasteiger partial charge on any atom is -0.475 e. The molecule has 1 amide bonds. The van der Waals surface area contributed by atoms with Crippen LogP contribution in [0.5, 0.6) is 5.88 Å². The highest BCUT2D eigenvalue weighted by Crippen LogP contribution is 2.30. The zero-order valence-corrected chi connectivity index (χ0v) is 9.78. The van der Waals surface area contributed by atoms with E-state index in [4.69, 9.17) is 9.57 Å². The van der Waals surface area contributed by atoms with E-state index in [2.05, 4.69) is 10.2 Å². The smallest absolute Gasteiger partial charge is 0.297 e. The molecule has 1 aromatic rings. The van der Waals surface area contributed by atoms with Crippen molar-refractivity contribution in [3.05, 3.63) is 11.8 Å². The van der Waals surface area contributed by atoms with Crippen molar-refractivity contribution < 1.29 is 14.4 Å². The summed E-state index contributed by atoms with van der Waals surface area (Å²) in [5.41, 5.74) is 0.251. The Bertz CT molecular complexity index is 413. The van der Waals surface area contributed by atoms with Crippen LogP contribution in [0.15, 0.2) is 11.0 Å². The second kappa shape index (κ2) is 4.67. The van der Waals surface area contributed by atoms with Crippen LogP contribution in [0.3, 0.4) is 0 Å². The molecular formula is C9H11N3O3S. The molecule has 16 heavy (non-hydrogen) atoms. The van der Waals surface area contributed by atoms with Crippen LogP contribution in [0.1, 0.15) is 10.5 Å². The molecule has 0 unspecified atom stereocenters. The van der Waals surface area contributed by atoms with Crippen molar-refractivity contribution in [2.75, 3.05) is 26.5 Å². The van der Waals surface area contributed by atoms with Crippen LogP contribution in [0.4, 0.5) is 0 Å².